The van der Waals surface area contributed by atoms with Gasteiger partial charge in [-0.2, -0.15) is 0 Å². The van der Waals surface area contributed by atoms with Crippen LogP contribution in [-0.2, 0) is 0 Å². The Morgan fingerprint density at radius 1 is 1.24 bits per heavy atom. The summed E-state index contributed by atoms with van der Waals surface area (Å²) in [6.45, 7) is 8.31. The Morgan fingerprint density at radius 2 is 2.07 bits per heavy atom. The summed E-state index contributed by atoms with van der Waals surface area (Å²) < 4.78 is 6.56. The number of fused-ring (bicyclic) bond motifs is 3. The van der Waals surface area contributed by atoms with Crippen molar-refractivity contribution in [3.63, 3.8) is 0 Å². The minimum absolute atomic E-state index is 0.0852. The van der Waals surface area contributed by atoms with Gasteiger partial charge in [0, 0.05) is 35.5 Å². The molecule has 3 atom stereocenters. The minimum atomic E-state index is 0.0852. The molecule has 0 amide bonds. The topological polar surface area (TPSA) is 15.7 Å². The van der Waals surface area contributed by atoms with Gasteiger partial charge in [-0.25, -0.2) is 0 Å². The lowest BCUT2D eigenvalue weighted by atomic mass is 9.89. The summed E-state index contributed by atoms with van der Waals surface area (Å²) >= 11 is 0. The molecule has 2 aliphatic heterocycles. The Kier molecular flexibility index (Phi) is 4.27. The number of ether oxygens (including phenoxy) is 1. The second-order valence-electron chi connectivity index (χ2n) is 8.26. The van der Waals surface area contributed by atoms with Gasteiger partial charge in [0.2, 0.25) is 0 Å². The second kappa shape index (κ2) is 6.84. The maximum atomic E-state index is 6.56. The van der Waals surface area contributed by atoms with Crippen molar-refractivity contribution in [1.29, 1.82) is 0 Å². The van der Waals surface area contributed by atoms with Crippen LogP contribution in [0, 0.1) is 6.92 Å². The van der Waals surface area contributed by atoms with Crippen LogP contribution in [0.5, 0.6) is 5.75 Å². The van der Waals surface area contributed by atoms with E-state index in [4.69, 9.17) is 4.74 Å². The van der Waals surface area contributed by atoms with Crippen molar-refractivity contribution < 1.29 is 4.74 Å². The molecule has 0 fully saturated rings. The van der Waals surface area contributed by atoms with E-state index >= 15 is 0 Å². The zero-order valence-corrected chi connectivity index (χ0v) is 17.4. The molecule has 1 aromatic carbocycles. The van der Waals surface area contributed by atoms with Crippen LogP contribution >= 0.6 is 0 Å². The molecule has 0 N–H and O–H groups in total. The molecular formula is C26H28N2O. The first kappa shape index (κ1) is 18.1. The lowest BCUT2D eigenvalue weighted by molar-refractivity contribution is 0.187. The summed E-state index contributed by atoms with van der Waals surface area (Å²) in [6.07, 6.45) is 19.6. The van der Waals surface area contributed by atoms with Gasteiger partial charge in [-0.05, 0) is 50.5 Å². The SMILES string of the molecule is C=C/C=C(\C)N1C2=C(CCC=C2)N(C)C1c1c(C)ccc2c1OC1C=CC=CC21. The van der Waals surface area contributed by atoms with E-state index in [0.717, 1.165) is 18.6 Å². The van der Waals surface area contributed by atoms with Crippen LogP contribution in [0.15, 0.2) is 84.4 Å². The summed E-state index contributed by atoms with van der Waals surface area (Å²) in [4.78, 5) is 4.89. The molecule has 5 rings (SSSR count). The number of benzene rings is 1. The van der Waals surface area contributed by atoms with Gasteiger partial charge < -0.3 is 14.5 Å². The highest BCUT2D eigenvalue weighted by atomic mass is 16.5. The molecule has 0 saturated heterocycles. The van der Waals surface area contributed by atoms with E-state index in [1.54, 1.807) is 0 Å². The van der Waals surface area contributed by atoms with E-state index in [1.807, 2.05) is 6.08 Å². The molecule has 2 heterocycles. The van der Waals surface area contributed by atoms with Crippen molar-refractivity contribution in [2.24, 2.45) is 0 Å². The van der Waals surface area contributed by atoms with Gasteiger partial charge in [-0.15, -0.1) is 0 Å². The molecule has 0 aromatic heterocycles. The lowest BCUT2D eigenvalue weighted by Crippen LogP contribution is -2.30. The van der Waals surface area contributed by atoms with E-state index in [0.29, 0.717) is 5.92 Å². The molecule has 3 nitrogen and oxygen atoms in total. The van der Waals surface area contributed by atoms with Crippen molar-refractivity contribution in [3.8, 4) is 5.75 Å². The monoisotopic (exact) mass is 384 g/mol. The fraction of sp³-hybridized carbons (Fsp3) is 0.308. The van der Waals surface area contributed by atoms with Gasteiger partial charge in [0.15, 0.2) is 0 Å². The van der Waals surface area contributed by atoms with E-state index in [-0.39, 0.29) is 12.3 Å². The highest BCUT2D eigenvalue weighted by Gasteiger charge is 2.43. The molecule has 0 spiro atoms. The number of aryl methyl sites for hydroxylation is 1. The zero-order chi connectivity index (χ0) is 20.1. The van der Waals surface area contributed by atoms with E-state index in [2.05, 4.69) is 91.9 Å². The highest BCUT2D eigenvalue weighted by molar-refractivity contribution is 5.57. The van der Waals surface area contributed by atoms with Gasteiger partial charge >= 0.3 is 0 Å². The Hall–Kier alpha value is -2.94. The predicted molar refractivity (Wildman–Crippen MR) is 118 cm³/mol. The Morgan fingerprint density at radius 3 is 2.90 bits per heavy atom. The van der Waals surface area contributed by atoms with Gasteiger partial charge in [0.25, 0.3) is 0 Å². The first-order valence-electron chi connectivity index (χ1n) is 10.5. The summed E-state index contributed by atoms with van der Waals surface area (Å²) in [5.74, 6) is 1.37. The molecule has 1 aromatic rings. The van der Waals surface area contributed by atoms with E-state index in [9.17, 15) is 0 Å². The average molecular weight is 385 g/mol. The summed E-state index contributed by atoms with van der Waals surface area (Å²) in [5, 5.41) is 0. The third-order valence-electron chi connectivity index (χ3n) is 6.56. The predicted octanol–water partition coefficient (Wildman–Crippen LogP) is 5.86. The molecular weight excluding hydrogens is 356 g/mol. The zero-order valence-electron chi connectivity index (χ0n) is 17.4. The Labute approximate surface area is 173 Å². The highest BCUT2D eigenvalue weighted by Crippen LogP contribution is 2.52. The first-order valence-corrected chi connectivity index (χ1v) is 10.5. The molecule has 0 saturated carbocycles. The maximum absolute atomic E-state index is 6.56. The second-order valence-corrected chi connectivity index (χ2v) is 8.26. The fourth-order valence-electron chi connectivity index (χ4n) is 5.17. The van der Waals surface area contributed by atoms with Crippen molar-refractivity contribution in [2.75, 3.05) is 7.05 Å². The molecule has 2 aliphatic carbocycles. The summed E-state index contributed by atoms with van der Waals surface area (Å²) in [5.41, 5.74) is 7.75. The molecule has 3 heteroatoms. The Bertz CT molecular complexity index is 1020. The number of hydrogen-bond donors (Lipinski definition) is 0. The first-order chi connectivity index (χ1) is 14.1. The third-order valence-corrected chi connectivity index (χ3v) is 6.56. The van der Waals surface area contributed by atoms with Crippen LogP contribution in [0.1, 0.15) is 48.5 Å². The Balaban J connectivity index is 1.68. The summed E-state index contributed by atoms with van der Waals surface area (Å²) in [7, 11) is 2.22. The normalized spacial score (nSPS) is 27.1. The molecule has 29 heavy (non-hydrogen) atoms. The van der Waals surface area contributed by atoms with E-state index < -0.39 is 0 Å². The fourth-order valence-corrected chi connectivity index (χ4v) is 5.17. The van der Waals surface area contributed by atoms with Crippen LogP contribution in [0.3, 0.4) is 0 Å². The smallest absolute Gasteiger partial charge is 0.136 e. The van der Waals surface area contributed by atoms with Crippen molar-refractivity contribution in [2.45, 2.75) is 44.9 Å². The molecule has 148 valence electrons. The molecule has 0 radical (unpaired) electrons. The number of rotatable bonds is 3. The van der Waals surface area contributed by atoms with Crippen molar-refractivity contribution in [3.05, 3.63) is 101 Å². The quantitative estimate of drug-likeness (QED) is 0.607. The van der Waals surface area contributed by atoms with Crippen LogP contribution < -0.4 is 4.74 Å². The number of allylic oxidation sites excluding steroid dienone is 8. The lowest BCUT2D eigenvalue weighted by Gasteiger charge is -2.35. The van der Waals surface area contributed by atoms with Crippen LogP contribution in [0.2, 0.25) is 0 Å². The van der Waals surface area contributed by atoms with Crippen LogP contribution in [0.25, 0.3) is 0 Å². The van der Waals surface area contributed by atoms with Crippen LogP contribution in [0.4, 0.5) is 0 Å². The van der Waals surface area contributed by atoms with Crippen molar-refractivity contribution >= 4 is 0 Å². The maximum Gasteiger partial charge on any atom is 0.136 e. The van der Waals surface area contributed by atoms with Gasteiger partial charge in [-0.1, -0.05) is 49.1 Å². The van der Waals surface area contributed by atoms with Gasteiger partial charge in [0.1, 0.15) is 18.0 Å². The summed E-state index contributed by atoms with van der Waals surface area (Å²) in [6, 6.07) is 4.51. The molecule has 4 aliphatic rings. The molecule has 3 unspecified atom stereocenters. The molecule has 0 bridgehead atoms. The van der Waals surface area contributed by atoms with Crippen LogP contribution in [-0.4, -0.2) is 23.0 Å². The number of hydrogen-bond acceptors (Lipinski definition) is 3. The average Bonchev–Trinajstić information content (AvgIpc) is 3.24. The van der Waals surface area contributed by atoms with Gasteiger partial charge in [0.05, 0.1) is 5.70 Å². The minimum Gasteiger partial charge on any atom is -0.485 e. The van der Waals surface area contributed by atoms with E-state index in [1.165, 1.54) is 33.8 Å². The largest absolute Gasteiger partial charge is 0.485 e. The standard InChI is InChI=1S/C26H28N2O/c1-5-10-18(3)28-22-13-8-7-12-21(22)27(4)26(28)24-17(2)15-16-20-19-11-6-9-14-23(19)29-25(20)24/h5-6,8-11,13-16,19,23,26H,1,7,12H2,2-4H3/b18-10+. The third kappa shape index (κ3) is 2.64. The number of nitrogens with zero attached hydrogens (tertiary/aromatic N) is 2. The van der Waals surface area contributed by atoms with Gasteiger partial charge in [-0.3, -0.25) is 0 Å². The van der Waals surface area contributed by atoms with Crippen molar-refractivity contribution in [1.82, 2.24) is 9.80 Å².